The maximum Gasteiger partial charge on any atom is 0.300 e. The van der Waals surface area contributed by atoms with Gasteiger partial charge in [0.25, 0.3) is 5.78 Å². The Kier molecular flexibility index (Phi) is 3.84. The Morgan fingerprint density at radius 2 is 1.96 bits per heavy atom. The summed E-state index contributed by atoms with van der Waals surface area (Å²) in [5, 5.41) is 0. The molecular formula is C17H20N2O5S. The molecule has 25 heavy (non-hydrogen) atoms. The number of anilines is 1. The fraction of sp³-hybridized carbons (Fsp3) is 0.529. The van der Waals surface area contributed by atoms with E-state index in [2.05, 4.69) is 4.90 Å². The smallest absolute Gasteiger partial charge is 0.300 e. The van der Waals surface area contributed by atoms with Crippen molar-refractivity contribution in [3.8, 4) is 5.75 Å². The minimum Gasteiger partial charge on any atom is -0.497 e. The number of ketones is 1. The highest BCUT2D eigenvalue weighted by Crippen LogP contribution is 2.36. The highest BCUT2D eigenvalue weighted by atomic mass is 32.2. The van der Waals surface area contributed by atoms with E-state index >= 15 is 0 Å². The topological polar surface area (TPSA) is 84.0 Å². The Balaban J connectivity index is 1.63. The van der Waals surface area contributed by atoms with E-state index in [0.717, 1.165) is 12.8 Å². The van der Waals surface area contributed by atoms with Gasteiger partial charge in [-0.1, -0.05) is 0 Å². The maximum atomic E-state index is 12.5. The molecule has 4 rings (SSSR count). The third kappa shape index (κ3) is 2.93. The number of methoxy groups -OCH3 is 1. The van der Waals surface area contributed by atoms with Crippen molar-refractivity contribution in [2.75, 3.05) is 30.2 Å². The maximum absolute atomic E-state index is 12.5. The summed E-state index contributed by atoms with van der Waals surface area (Å²) in [5.41, 5.74) is 0.918. The van der Waals surface area contributed by atoms with Crippen molar-refractivity contribution in [1.82, 2.24) is 4.90 Å². The average Bonchev–Trinajstić information content (AvgIpc) is 3.32. The lowest BCUT2D eigenvalue weighted by molar-refractivity contribution is -0.114. The van der Waals surface area contributed by atoms with Crippen LogP contribution in [0.2, 0.25) is 0 Å². The van der Waals surface area contributed by atoms with Gasteiger partial charge in [-0.2, -0.15) is 0 Å². The monoisotopic (exact) mass is 364 g/mol. The molecule has 1 aromatic rings. The van der Waals surface area contributed by atoms with E-state index in [0.29, 0.717) is 23.4 Å². The van der Waals surface area contributed by atoms with Gasteiger partial charge in [0.15, 0.2) is 9.84 Å². The first kappa shape index (κ1) is 16.5. The van der Waals surface area contributed by atoms with Crippen LogP contribution in [0, 0.1) is 0 Å². The molecule has 1 saturated carbocycles. The quantitative estimate of drug-likeness (QED) is 0.720. The molecular weight excluding hydrogens is 344 g/mol. The van der Waals surface area contributed by atoms with Gasteiger partial charge < -0.3 is 4.74 Å². The lowest BCUT2D eigenvalue weighted by atomic mass is 10.1. The first-order chi connectivity index (χ1) is 11.9. The lowest BCUT2D eigenvalue weighted by Crippen LogP contribution is -2.47. The van der Waals surface area contributed by atoms with Gasteiger partial charge >= 0.3 is 5.91 Å². The Morgan fingerprint density at radius 3 is 2.56 bits per heavy atom. The number of rotatable bonds is 5. The van der Waals surface area contributed by atoms with Crippen molar-refractivity contribution in [3.63, 3.8) is 0 Å². The lowest BCUT2D eigenvalue weighted by Gasteiger charge is -2.32. The van der Waals surface area contributed by atoms with E-state index in [-0.39, 0.29) is 30.3 Å². The number of Topliss-reactive ketones (excluding diaryl/α,β-unsaturated/α-hetero) is 1. The number of carbonyl (C=O) groups excluding carboxylic acids is 2. The summed E-state index contributed by atoms with van der Waals surface area (Å²) in [5.74, 6) is -0.183. The van der Waals surface area contributed by atoms with Crippen LogP contribution in [0.3, 0.4) is 0 Å². The normalized spacial score (nSPS) is 24.9. The van der Waals surface area contributed by atoms with Crippen molar-refractivity contribution in [2.24, 2.45) is 0 Å². The number of hydrogen-bond donors (Lipinski definition) is 0. The molecule has 0 radical (unpaired) electrons. The van der Waals surface area contributed by atoms with Gasteiger partial charge in [0.1, 0.15) is 5.75 Å². The van der Waals surface area contributed by atoms with Crippen molar-refractivity contribution in [3.05, 3.63) is 23.8 Å². The second-order valence-corrected chi connectivity index (χ2v) is 9.12. The van der Waals surface area contributed by atoms with E-state index in [1.807, 2.05) is 0 Å². The standard InChI is InChI=1S/C17H20N2O5S/c1-24-13-4-5-14-15(8-13)19(17(21)16(14)20)10-18(11-2-3-11)12-6-7-25(22,23)9-12/h4-5,8,11-12H,2-3,6-7,9-10H2,1H3/t12-/m0/s1. The molecule has 2 heterocycles. The summed E-state index contributed by atoms with van der Waals surface area (Å²) in [4.78, 5) is 28.3. The third-order valence-corrected chi connectivity index (χ3v) is 6.93. The van der Waals surface area contributed by atoms with Gasteiger partial charge in [-0.25, -0.2) is 8.42 Å². The number of amides is 1. The first-order valence-electron chi connectivity index (χ1n) is 8.40. The zero-order chi connectivity index (χ0) is 17.8. The van der Waals surface area contributed by atoms with E-state index in [4.69, 9.17) is 4.74 Å². The Morgan fingerprint density at radius 1 is 1.20 bits per heavy atom. The average molecular weight is 364 g/mol. The van der Waals surface area contributed by atoms with E-state index in [9.17, 15) is 18.0 Å². The predicted octanol–water partition coefficient (Wildman–Crippen LogP) is 0.834. The van der Waals surface area contributed by atoms with Gasteiger partial charge in [0.05, 0.1) is 36.5 Å². The molecule has 1 saturated heterocycles. The molecule has 0 aromatic heterocycles. The van der Waals surface area contributed by atoms with Gasteiger partial charge in [-0.3, -0.25) is 19.4 Å². The van der Waals surface area contributed by atoms with Crippen LogP contribution in [-0.4, -0.2) is 62.4 Å². The second-order valence-electron chi connectivity index (χ2n) is 6.89. The van der Waals surface area contributed by atoms with Crippen LogP contribution in [0.1, 0.15) is 29.6 Å². The third-order valence-electron chi connectivity index (χ3n) is 5.18. The fourth-order valence-electron chi connectivity index (χ4n) is 3.68. The Labute approximate surface area is 146 Å². The van der Waals surface area contributed by atoms with E-state index in [1.165, 1.54) is 12.0 Å². The molecule has 1 amide bonds. The van der Waals surface area contributed by atoms with Crippen LogP contribution in [0.5, 0.6) is 5.75 Å². The van der Waals surface area contributed by atoms with Gasteiger partial charge in [0.2, 0.25) is 0 Å². The van der Waals surface area contributed by atoms with Gasteiger partial charge in [-0.15, -0.1) is 0 Å². The highest BCUT2D eigenvalue weighted by Gasteiger charge is 2.43. The van der Waals surface area contributed by atoms with Crippen molar-refractivity contribution in [1.29, 1.82) is 0 Å². The molecule has 0 N–H and O–H groups in total. The number of fused-ring (bicyclic) bond motifs is 1. The van der Waals surface area contributed by atoms with Crippen molar-refractivity contribution < 1.29 is 22.7 Å². The van der Waals surface area contributed by atoms with Crippen LogP contribution in [0.25, 0.3) is 0 Å². The molecule has 1 aromatic carbocycles. The predicted molar refractivity (Wildman–Crippen MR) is 91.6 cm³/mol. The van der Waals surface area contributed by atoms with Gasteiger partial charge in [0, 0.05) is 18.2 Å². The van der Waals surface area contributed by atoms with Crippen LogP contribution < -0.4 is 9.64 Å². The van der Waals surface area contributed by atoms with Crippen LogP contribution >= 0.6 is 0 Å². The Bertz CT molecular complexity index is 847. The molecule has 134 valence electrons. The molecule has 1 aliphatic carbocycles. The van der Waals surface area contributed by atoms with Gasteiger partial charge in [-0.05, 0) is 31.4 Å². The number of sulfone groups is 1. The molecule has 0 spiro atoms. The Hall–Kier alpha value is -1.93. The first-order valence-corrected chi connectivity index (χ1v) is 10.2. The largest absolute Gasteiger partial charge is 0.497 e. The number of carbonyl (C=O) groups is 2. The number of ether oxygens (including phenoxy) is 1. The minimum atomic E-state index is -3.01. The zero-order valence-corrected chi connectivity index (χ0v) is 14.8. The highest BCUT2D eigenvalue weighted by molar-refractivity contribution is 7.91. The van der Waals surface area contributed by atoms with Crippen molar-refractivity contribution >= 4 is 27.2 Å². The van der Waals surface area contributed by atoms with E-state index < -0.39 is 21.5 Å². The van der Waals surface area contributed by atoms with Crippen molar-refractivity contribution in [2.45, 2.75) is 31.3 Å². The summed E-state index contributed by atoms with van der Waals surface area (Å²) in [7, 11) is -1.48. The second kappa shape index (κ2) is 5.81. The summed E-state index contributed by atoms with van der Waals surface area (Å²) in [6.45, 7) is 0.246. The molecule has 1 atom stereocenters. The zero-order valence-electron chi connectivity index (χ0n) is 14.0. The number of nitrogens with zero attached hydrogens (tertiary/aromatic N) is 2. The molecule has 3 aliphatic rings. The number of hydrogen-bond acceptors (Lipinski definition) is 6. The van der Waals surface area contributed by atoms with Crippen LogP contribution in [-0.2, 0) is 14.6 Å². The minimum absolute atomic E-state index is 0.0879. The summed E-state index contributed by atoms with van der Waals surface area (Å²) >= 11 is 0. The molecule has 0 unspecified atom stereocenters. The SMILES string of the molecule is COc1ccc2c(c1)N(CN(C1CC1)[C@H]1CCS(=O)(=O)C1)C(=O)C2=O. The molecule has 8 heteroatoms. The summed E-state index contributed by atoms with van der Waals surface area (Å²) in [6.07, 6.45) is 2.58. The fourth-order valence-corrected chi connectivity index (χ4v) is 5.42. The summed E-state index contributed by atoms with van der Waals surface area (Å²) in [6, 6.07) is 5.16. The molecule has 0 bridgehead atoms. The molecule has 7 nitrogen and oxygen atoms in total. The van der Waals surface area contributed by atoms with Crippen LogP contribution in [0.15, 0.2) is 18.2 Å². The van der Waals surface area contributed by atoms with Crippen LogP contribution in [0.4, 0.5) is 5.69 Å². The van der Waals surface area contributed by atoms with E-state index in [1.54, 1.807) is 18.2 Å². The molecule has 2 aliphatic heterocycles. The number of benzene rings is 1. The molecule has 2 fully saturated rings. The summed E-state index contributed by atoms with van der Waals surface area (Å²) < 4.78 is 28.9.